The van der Waals surface area contributed by atoms with E-state index in [0.29, 0.717) is 24.4 Å². The van der Waals surface area contributed by atoms with E-state index in [2.05, 4.69) is 26.0 Å². The Morgan fingerprint density at radius 1 is 1.35 bits per heavy atom. The summed E-state index contributed by atoms with van der Waals surface area (Å²) in [7, 11) is 0. The standard InChI is InChI=1S/C11H12BrN3O2/c12-8-3-5-9(6-4-8)15-11(17)13-10(14-15)2-1-7-16/h3-6,16H,1-2,7H2,(H,13,14,17). The van der Waals surface area contributed by atoms with Crippen molar-refractivity contribution in [2.75, 3.05) is 6.61 Å². The molecule has 5 nitrogen and oxygen atoms in total. The highest BCUT2D eigenvalue weighted by atomic mass is 79.9. The Kier molecular flexibility index (Phi) is 3.75. The fraction of sp³-hybridized carbons (Fsp3) is 0.273. The van der Waals surface area contributed by atoms with Crippen LogP contribution in [0.5, 0.6) is 0 Å². The van der Waals surface area contributed by atoms with E-state index in [-0.39, 0.29) is 12.3 Å². The number of aromatic amines is 1. The summed E-state index contributed by atoms with van der Waals surface area (Å²) >= 11 is 3.33. The molecule has 90 valence electrons. The summed E-state index contributed by atoms with van der Waals surface area (Å²) in [6.45, 7) is 0.0905. The fourth-order valence-electron chi connectivity index (χ4n) is 1.48. The highest BCUT2D eigenvalue weighted by Gasteiger charge is 2.06. The molecule has 0 fully saturated rings. The van der Waals surface area contributed by atoms with Gasteiger partial charge in [0.2, 0.25) is 0 Å². The molecule has 0 spiro atoms. The van der Waals surface area contributed by atoms with E-state index >= 15 is 0 Å². The van der Waals surface area contributed by atoms with Crippen LogP contribution in [-0.2, 0) is 6.42 Å². The second-order valence-corrected chi connectivity index (χ2v) is 4.51. The predicted octanol–water partition coefficient (Wildman–Crippen LogP) is 1.25. The number of nitrogens with zero attached hydrogens (tertiary/aromatic N) is 2. The van der Waals surface area contributed by atoms with Crippen LogP contribution in [0.2, 0.25) is 0 Å². The Bertz CT molecular complexity index is 545. The predicted molar refractivity (Wildman–Crippen MR) is 67.3 cm³/mol. The number of aliphatic hydroxyl groups excluding tert-OH is 1. The van der Waals surface area contributed by atoms with Crippen LogP contribution in [0.4, 0.5) is 0 Å². The lowest BCUT2D eigenvalue weighted by atomic mass is 10.3. The van der Waals surface area contributed by atoms with Crippen LogP contribution in [0.15, 0.2) is 33.5 Å². The molecule has 0 aliphatic heterocycles. The molecule has 17 heavy (non-hydrogen) atoms. The molecular weight excluding hydrogens is 286 g/mol. The third-order valence-electron chi connectivity index (χ3n) is 2.31. The minimum Gasteiger partial charge on any atom is -0.396 e. The minimum absolute atomic E-state index is 0.0905. The maximum absolute atomic E-state index is 11.7. The second-order valence-electron chi connectivity index (χ2n) is 3.59. The zero-order chi connectivity index (χ0) is 12.3. The van der Waals surface area contributed by atoms with Crippen molar-refractivity contribution in [2.24, 2.45) is 0 Å². The van der Waals surface area contributed by atoms with Crippen LogP contribution in [0.1, 0.15) is 12.2 Å². The van der Waals surface area contributed by atoms with Gasteiger partial charge in [0.05, 0.1) is 5.69 Å². The van der Waals surface area contributed by atoms with Gasteiger partial charge < -0.3 is 5.11 Å². The number of benzene rings is 1. The number of aryl methyl sites for hydroxylation is 1. The summed E-state index contributed by atoms with van der Waals surface area (Å²) in [6.07, 6.45) is 1.16. The number of rotatable bonds is 4. The molecule has 0 aliphatic carbocycles. The van der Waals surface area contributed by atoms with Gasteiger partial charge in [-0.25, -0.2) is 4.79 Å². The maximum atomic E-state index is 11.7. The Hall–Kier alpha value is -1.40. The highest BCUT2D eigenvalue weighted by Crippen LogP contribution is 2.12. The van der Waals surface area contributed by atoms with Crippen molar-refractivity contribution < 1.29 is 5.11 Å². The number of nitrogens with one attached hydrogen (secondary N) is 1. The first kappa shape index (κ1) is 12.1. The summed E-state index contributed by atoms with van der Waals surface area (Å²) in [5.74, 6) is 0.590. The van der Waals surface area contributed by atoms with Crippen LogP contribution in [0.25, 0.3) is 5.69 Å². The number of H-pyrrole nitrogens is 1. The lowest BCUT2D eigenvalue weighted by Crippen LogP contribution is -2.15. The number of aromatic nitrogens is 3. The van der Waals surface area contributed by atoms with E-state index in [9.17, 15) is 4.79 Å². The van der Waals surface area contributed by atoms with Gasteiger partial charge in [0.15, 0.2) is 0 Å². The van der Waals surface area contributed by atoms with Crippen molar-refractivity contribution in [1.82, 2.24) is 14.8 Å². The smallest absolute Gasteiger partial charge is 0.348 e. The zero-order valence-electron chi connectivity index (χ0n) is 9.06. The highest BCUT2D eigenvalue weighted by molar-refractivity contribution is 9.10. The van der Waals surface area contributed by atoms with Crippen molar-refractivity contribution in [3.05, 3.63) is 45.0 Å². The summed E-state index contributed by atoms with van der Waals surface area (Å²) in [5, 5.41) is 12.9. The summed E-state index contributed by atoms with van der Waals surface area (Å²) in [5.41, 5.74) is 0.449. The molecular formula is C11H12BrN3O2. The molecule has 0 aliphatic rings. The average Bonchev–Trinajstić information content (AvgIpc) is 2.69. The average molecular weight is 298 g/mol. The summed E-state index contributed by atoms with van der Waals surface area (Å²) < 4.78 is 2.27. The Labute approximate surface area is 106 Å². The lowest BCUT2D eigenvalue weighted by molar-refractivity contribution is 0.287. The molecule has 0 amide bonds. The van der Waals surface area contributed by atoms with Crippen LogP contribution in [-0.4, -0.2) is 26.5 Å². The van der Waals surface area contributed by atoms with E-state index in [1.807, 2.05) is 24.3 Å². The van der Waals surface area contributed by atoms with E-state index in [0.717, 1.165) is 4.47 Å². The molecule has 2 aromatic rings. The molecule has 6 heteroatoms. The number of aliphatic hydroxyl groups is 1. The van der Waals surface area contributed by atoms with Crippen molar-refractivity contribution in [1.29, 1.82) is 0 Å². The largest absolute Gasteiger partial charge is 0.396 e. The third kappa shape index (κ3) is 2.83. The first-order valence-electron chi connectivity index (χ1n) is 5.26. The Balaban J connectivity index is 2.29. The molecule has 0 unspecified atom stereocenters. The quantitative estimate of drug-likeness (QED) is 0.892. The van der Waals surface area contributed by atoms with Crippen molar-refractivity contribution in [3.8, 4) is 5.69 Å². The Morgan fingerprint density at radius 3 is 2.71 bits per heavy atom. The normalized spacial score (nSPS) is 10.7. The van der Waals surface area contributed by atoms with Gasteiger partial charge in [0, 0.05) is 17.5 Å². The lowest BCUT2D eigenvalue weighted by Gasteiger charge is -1.98. The van der Waals surface area contributed by atoms with Gasteiger partial charge in [-0.2, -0.15) is 9.78 Å². The van der Waals surface area contributed by atoms with E-state index in [4.69, 9.17) is 5.11 Å². The van der Waals surface area contributed by atoms with Gasteiger partial charge in [-0.05, 0) is 30.7 Å². The van der Waals surface area contributed by atoms with E-state index < -0.39 is 0 Å². The third-order valence-corrected chi connectivity index (χ3v) is 2.84. The monoisotopic (exact) mass is 297 g/mol. The topological polar surface area (TPSA) is 70.9 Å². The molecule has 0 bridgehead atoms. The van der Waals surface area contributed by atoms with Crippen LogP contribution >= 0.6 is 15.9 Å². The second kappa shape index (κ2) is 5.29. The fourth-order valence-corrected chi connectivity index (χ4v) is 1.75. The SMILES string of the molecule is O=c1[nH]c(CCCO)nn1-c1ccc(Br)cc1. The van der Waals surface area contributed by atoms with Gasteiger partial charge in [-0.15, -0.1) is 0 Å². The van der Waals surface area contributed by atoms with E-state index in [1.165, 1.54) is 4.68 Å². The zero-order valence-corrected chi connectivity index (χ0v) is 10.6. The maximum Gasteiger partial charge on any atom is 0.348 e. The van der Waals surface area contributed by atoms with Crippen LogP contribution in [0, 0.1) is 0 Å². The Morgan fingerprint density at radius 2 is 2.06 bits per heavy atom. The molecule has 1 aromatic carbocycles. The molecule has 0 radical (unpaired) electrons. The molecule has 1 aromatic heterocycles. The first-order chi connectivity index (χ1) is 8.20. The van der Waals surface area contributed by atoms with Gasteiger partial charge in [-0.3, -0.25) is 4.98 Å². The van der Waals surface area contributed by atoms with Crippen molar-refractivity contribution >= 4 is 15.9 Å². The van der Waals surface area contributed by atoms with Gasteiger partial charge in [0.25, 0.3) is 0 Å². The summed E-state index contributed by atoms with van der Waals surface area (Å²) in [6, 6.07) is 7.32. The molecule has 0 saturated heterocycles. The van der Waals surface area contributed by atoms with Crippen molar-refractivity contribution in [3.63, 3.8) is 0 Å². The summed E-state index contributed by atoms with van der Waals surface area (Å²) in [4.78, 5) is 14.3. The number of hydrogen-bond donors (Lipinski definition) is 2. The van der Waals surface area contributed by atoms with Gasteiger partial charge >= 0.3 is 5.69 Å². The molecule has 0 saturated carbocycles. The number of halogens is 1. The van der Waals surface area contributed by atoms with Crippen LogP contribution < -0.4 is 5.69 Å². The number of hydrogen-bond acceptors (Lipinski definition) is 3. The minimum atomic E-state index is -0.264. The molecule has 2 rings (SSSR count). The van der Waals surface area contributed by atoms with Gasteiger partial charge in [-0.1, -0.05) is 15.9 Å². The molecule has 0 atom stereocenters. The molecule has 1 heterocycles. The molecule has 2 N–H and O–H groups in total. The first-order valence-corrected chi connectivity index (χ1v) is 6.05. The van der Waals surface area contributed by atoms with Crippen LogP contribution in [0.3, 0.4) is 0 Å². The van der Waals surface area contributed by atoms with Crippen molar-refractivity contribution in [2.45, 2.75) is 12.8 Å². The van der Waals surface area contributed by atoms with E-state index in [1.54, 1.807) is 0 Å². The van der Waals surface area contributed by atoms with Gasteiger partial charge in [0.1, 0.15) is 5.82 Å².